The summed E-state index contributed by atoms with van der Waals surface area (Å²) in [4.78, 5) is 31.3. The zero-order chi connectivity index (χ0) is 22.7. The van der Waals surface area contributed by atoms with E-state index in [1.165, 1.54) is 9.13 Å². The number of anilines is 1. The largest absolute Gasteiger partial charge is 0.397 e. The molecule has 0 aliphatic carbocycles. The van der Waals surface area contributed by atoms with Crippen LogP contribution in [0, 0.1) is 13.8 Å². The molecule has 2 aromatic carbocycles. The maximum atomic E-state index is 13.6. The Morgan fingerprint density at radius 3 is 2.50 bits per heavy atom. The molecule has 0 atom stereocenters. The topological polar surface area (TPSA) is 92.2 Å². The maximum Gasteiger partial charge on any atom is 0.332 e. The molecule has 2 N–H and O–H groups in total. The van der Waals surface area contributed by atoms with Crippen molar-refractivity contribution in [1.29, 1.82) is 0 Å². The molecule has 3 heterocycles. The Bertz CT molecular complexity index is 1650. The molecule has 0 unspecified atom stereocenters. The van der Waals surface area contributed by atoms with Gasteiger partial charge in [0.2, 0.25) is 5.78 Å². The van der Waals surface area contributed by atoms with E-state index < -0.39 is 11.2 Å². The summed E-state index contributed by atoms with van der Waals surface area (Å²) in [6, 6.07) is 14.6. The summed E-state index contributed by atoms with van der Waals surface area (Å²) in [5.74, 6) is 0.528. The van der Waals surface area contributed by atoms with Crippen molar-refractivity contribution in [2.75, 3.05) is 5.73 Å². The second-order valence-corrected chi connectivity index (χ2v) is 8.28. The van der Waals surface area contributed by atoms with Crippen molar-refractivity contribution in [1.82, 2.24) is 23.1 Å². The smallest absolute Gasteiger partial charge is 0.332 e. The Labute approximate surface area is 187 Å². The highest BCUT2D eigenvalue weighted by atomic mass is 35.5. The number of benzene rings is 2. The monoisotopic (exact) mass is 448 g/mol. The average Bonchev–Trinajstić information content (AvgIpc) is 3.26. The summed E-state index contributed by atoms with van der Waals surface area (Å²) in [7, 11) is 1.62. The second-order valence-electron chi connectivity index (χ2n) is 7.85. The van der Waals surface area contributed by atoms with Gasteiger partial charge in [-0.15, -0.1) is 0 Å². The van der Waals surface area contributed by atoms with Crippen molar-refractivity contribution in [3.05, 3.63) is 91.3 Å². The van der Waals surface area contributed by atoms with Gasteiger partial charge in [0.25, 0.3) is 5.56 Å². The van der Waals surface area contributed by atoms with Gasteiger partial charge in [0.1, 0.15) is 0 Å². The normalized spacial score (nSPS) is 11.6. The Kier molecular flexibility index (Phi) is 4.49. The Morgan fingerprint density at radius 2 is 1.78 bits per heavy atom. The maximum absolute atomic E-state index is 13.6. The van der Waals surface area contributed by atoms with E-state index in [2.05, 4.69) is 0 Å². The lowest BCUT2D eigenvalue weighted by Crippen LogP contribution is -2.39. The number of hydrogen-bond donors (Lipinski definition) is 1. The van der Waals surface area contributed by atoms with Crippen molar-refractivity contribution in [2.45, 2.75) is 20.4 Å². The van der Waals surface area contributed by atoms with Crippen LogP contribution in [0.25, 0.3) is 22.6 Å². The van der Waals surface area contributed by atoms with Crippen LogP contribution in [0.4, 0.5) is 5.69 Å². The lowest BCUT2D eigenvalue weighted by atomic mass is 10.2. The number of aryl methyl sites for hydroxylation is 2. The van der Waals surface area contributed by atoms with Crippen molar-refractivity contribution < 1.29 is 0 Å². The molecule has 9 heteroatoms. The summed E-state index contributed by atoms with van der Waals surface area (Å²) in [5.41, 5.74) is 9.92. The molecule has 8 nitrogen and oxygen atoms in total. The van der Waals surface area contributed by atoms with Gasteiger partial charge in [-0.25, -0.2) is 4.79 Å². The number of aromatic nitrogens is 5. The van der Waals surface area contributed by atoms with Crippen LogP contribution in [0.3, 0.4) is 0 Å². The first-order chi connectivity index (χ1) is 15.3. The van der Waals surface area contributed by atoms with Crippen LogP contribution >= 0.6 is 11.6 Å². The lowest BCUT2D eigenvalue weighted by molar-refractivity contribution is 0.656. The van der Waals surface area contributed by atoms with E-state index in [1.807, 2.05) is 48.7 Å². The molecule has 162 valence electrons. The van der Waals surface area contributed by atoms with Gasteiger partial charge < -0.3 is 5.73 Å². The Hall–Kier alpha value is -3.78. The van der Waals surface area contributed by atoms with Crippen LogP contribution in [0.15, 0.2) is 58.1 Å². The predicted octanol–water partition coefficient (Wildman–Crippen LogP) is 3.04. The third-order valence-corrected chi connectivity index (χ3v) is 6.16. The van der Waals surface area contributed by atoms with Gasteiger partial charge in [-0.3, -0.25) is 22.9 Å². The number of halogens is 1. The Balaban J connectivity index is 1.86. The lowest BCUT2D eigenvalue weighted by Gasteiger charge is -2.10. The summed E-state index contributed by atoms with van der Waals surface area (Å²) in [6.07, 6.45) is 0. The third-order valence-electron chi connectivity index (χ3n) is 5.93. The van der Waals surface area contributed by atoms with Gasteiger partial charge in [-0.1, -0.05) is 35.9 Å². The second kappa shape index (κ2) is 7.13. The molecule has 0 spiro atoms. The van der Waals surface area contributed by atoms with E-state index in [1.54, 1.807) is 29.6 Å². The molecule has 0 fully saturated rings. The van der Waals surface area contributed by atoms with Crippen LogP contribution in [0.2, 0.25) is 5.02 Å². The van der Waals surface area contributed by atoms with Crippen molar-refractivity contribution in [2.24, 2.45) is 7.05 Å². The molecule has 32 heavy (non-hydrogen) atoms. The van der Waals surface area contributed by atoms with E-state index in [0.717, 1.165) is 22.6 Å². The number of nitrogens with two attached hydrogens (primary N) is 1. The van der Waals surface area contributed by atoms with Gasteiger partial charge in [0.15, 0.2) is 11.2 Å². The molecule has 5 aromatic rings. The zero-order valence-corrected chi connectivity index (χ0v) is 18.6. The minimum absolute atomic E-state index is 0.111. The van der Waals surface area contributed by atoms with Gasteiger partial charge in [0.05, 0.1) is 17.9 Å². The summed E-state index contributed by atoms with van der Waals surface area (Å²) >= 11 is 6.09. The number of hydrogen-bond acceptors (Lipinski definition) is 4. The van der Waals surface area contributed by atoms with Crippen molar-refractivity contribution in [3.63, 3.8) is 0 Å². The highest BCUT2D eigenvalue weighted by Gasteiger charge is 2.23. The summed E-state index contributed by atoms with van der Waals surface area (Å²) in [5, 5.41) is 0.546. The van der Waals surface area contributed by atoms with E-state index in [4.69, 9.17) is 22.3 Å². The van der Waals surface area contributed by atoms with Crippen LogP contribution in [0.5, 0.6) is 0 Å². The summed E-state index contributed by atoms with van der Waals surface area (Å²) < 4.78 is 6.33. The standard InChI is InChI=1S/C23H21ClN6O2/c1-13-14(2)30-19-20(26-22(30)29(13)18-10-5-4-9-17(18)25)27(3)23(32)28(21(19)31)12-15-7-6-8-16(24)11-15/h4-11H,12,25H2,1-3H3. The quantitative estimate of drug-likeness (QED) is 0.429. The molecule has 0 bridgehead atoms. The highest BCUT2D eigenvalue weighted by molar-refractivity contribution is 6.30. The fourth-order valence-electron chi connectivity index (χ4n) is 4.19. The minimum Gasteiger partial charge on any atom is -0.397 e. The number of rotatable bonds is 3. The van der Waals surface area contributed by atoms with Gasteiger partial charge in [-0.2, -0.15) is 4.98 Å². The van der Waals surface area contributed by atoms with Crippen molar-refractivity contribution >= 4 is 34.2 Å². The van der Waals surface area contributed by atoms with E-state index in [0.29, 0.717) is 27.7 Å². The molecule has 0 saturated heterocycles. The number of para-hydroxylation sites is 2. The molecule has 0 saturated carbocycles. The molecule has 0 aliphatic heterocycles. The molecular formula is C23H21ClN6O2. The van der Waals surface area contributed by atoms with Crippen LogP contribution in [-0.4, -0.2) is 23.1 Å². The minimum atomic E-state index is -0.441. The Morgan fingerprint density at radius 1 is 1.03 bits per heavy atom. The highest BCUT2D eigenvalue weighted by Crippen LogP contribution is 2.27. The fraction of sp³-hybridized carbons (Fsp3) is 0.174. The average molecular weight is 449 g/mol. The van der Waals surface area contributed by atoms with Gasteiger partial charge in [0, 0.05) is 23.5 Å². The third kappa shape index (κ3) is 2.80. The number of fused-ring (bicyclic) bond motifs is 3. The molecule has 0 radical (unpaired) electrons. The predicted molar refractivity (Wildman–Crippen MR) is 126 cm³/mol. The van der Waals surface area contributed by atoms with E-state index in [9.17, 15) is 9.59 Å². The van der Waals surface area contributed by atoms with Crippen LogP contribution < -0.4 is 17.0 Å². The van der Waals surface area contributed by atoms with Crippen LogP contribution in [-0.2, 0) is 13.6 Å². The molecule has 5 rings (SSSR count). The number of imidazole rings is 2. The number of nitrogens with zero attached hydrogens (tertiary/aromatic N) is 5. The van der Waals surface area contributed by atoms with Crippen molar-refractivity contribution in [3.8, 4) is 5.69 Å². The van der Waals surface area contributed by atoms with E-state index in [-0.39, 0.29) is 6.54 Å². The van der Waals surface area contributed by atoms with Crippen LogP contribution in [0.1, 0.15) is 17.0 Å². The summed E-state index contributed by atoms with van der Waals surface area (Å²) in [6.45, 7) is 3.99. The first-order valence-electron chi connectivity index (χ1n) is 10.1. The molecule has 0 aliphatic rings. The molecule has 0 amide bonds. The van der Waals surface area contributed by atoms with Gasteiger partial charge in [-0.05, 0) is 43.7 Å². The van der Waals surface area contributed by atoms with E-state index >= 15 is 0 Å². The fourth-order valence-corrected chi connectivity index (χ4v) is 4.40. The molecular weight excluding hydrogens is 428 g/mol. The molecule has 3 aromatic heterocycles. The van der Waals surface area contributed by atoms with Gasteiger partial charge >= 0.3 is 5.69 Å². The SMILES string of the molecule is Cc1c(C)n2c3c(=O)n(Cc4cccc(Cl)c4)c(=O)n(C)c3nc2n1-c1ccccc1N. The zero-order valence-electron chi connectivity index (χ0n) is 17.8. The first kappa shape index (κ1) is 20.1. The number of nitrogen functional groups attached to an aromatic ring is 1. The first-order valence-corrected chi connectivity index (χ1v) is 10.5.